The molecule has 2 nitrogen and oxygen atoms in total. The van der Waals surface area contributed by atoms with Crippen molar-refractivity contribution in [3.63, 3.8) is 0 Å². The van der Waals surface area contributed by atoms with Crippen LogP contribution >= 0.6 is 12.6 Å². The second-order valence-corrected chi connectivity index (χ2v) is 4.80. The van der Waals surface area contributed by atoms with Gasteiger partial charge in [-0.25, -0.2) is 4.68 Å². The molecule has 3 rings (SSSR count). The SMILES string of the molecule is SCc1nn(-c2ccccc2)c2c1CCCC2. The monoisotopic (exact) mass is 244 g/mol. The molecule has 17 heavy (non-hydrogen) atoms. The van der Waals surface area contributed by atoms with Crippen molar-refractivity contribution < 1.29 is 0 Å². The van der Waals surface area contributed by atoms with Crippen LogP contribution in [0.4, 0.5) is 0 Å². The zero-order valence-corrected chi connectivity index (χ0v) is 10.7. The molecule has 1 aliphatic rings. The number of benzene rings is 1. The van der Waals surface area contributed by atoms with Gasteiger partial charge in [-0.1, -0.05) is 18.2 Å². The summed E-state index contributed by atoms with van der Waals surface area (Å²) < 4.78 is 2.11. The Balaban J connectivity index is 2.14. The molecule has 0 atom stereocenters. The normalized spacial score (nSPS) is 14.6. The molecule has 0 fully saturated rings. The third-order valence-electron chi connectivity index (χ3n) is 3.41. The van der Waals surface area contributed by atoms with E-state index in [9.17, 15) is 0 Å². The van der Waals surface area contributed by atoms with Gasteiger partial charge in [0.05, 0.1) is 11.4 Å². The number of hydrogen-bond donors (Lipinski definition) is 1. The zero-order chi connectivity index (χ0) is 11.7. The topological polar surface area (TPSA) is 17.8 Å². The molecule has 0 bridgehead atoms. The molecule has 0 N–H and O–H groups in total. The third kappa shape index (κ3) is 1.89. The van der Waals surface area contributed by atoms with Crippen LogP contribution in [-0.4, -0.2) is 9.78 Å². The molecular weight excluding hydrogens is 228 g/mol. The van der Waals surface area contributed by atoms with E-state index >= 15 is 0 Å². The molecule has 0 radical (unpaired) electrons. The molecule has 0 amide bonds. The highest BCUT2D eigenvalue weighted by Gasteiger charge is 2.20. The first-order valence-corrected chi connectivity index (χ1v) is 6.79. The third-order valence-corrected chi connectivity index (χ3v) is 3.71. The summed E-state index contributed by atoms with van der Waals surface area (Å²) in [5.41, 5.74) is 5.16. The zero-order valence-electron chi connectivity index (χ0n) is 9.76. The summed E-state index contributed by atoms with van der Waals surface area (Å²) in [6, 6.07) is 10.4. The molecule has 0 saturated carbocycles. The van der Waals surface area contributed by atoms with Crippen LogP contribution in [-0.2, 0) is 18.6 Å². The summed E-state index contributed by atoms with van der Waals surface area (Å²) in [4.78, 5) is 0. The van der Waals surface area contributed by atoms with Crippen molar-refractivity contribution in [2.75, 3.05) is 0 Å². The van der Waals surface area contributed by atoms with Crippen molar-refractivity contribution in [2.45, 2.75) is 31.4 Å². The van der Waals surface area contributed by atoms with Crippen LogP contribution in [0.3, 0.4) is 0 Å². The number of nitrogens with zero attached hydrogens (tertiary/aromatic N) is 2. The van der Waals surface area contributed by atoms with Crippen molar-refractivity contribution in [2.24, 2.45) is 0 Å². The van der Waals surface area contributed by atoms with Crippen LogP contribution in [0.1, 0.15) is 29.8 Å². The van der Waals surface area contributed by atoms with Crippen LogP contribution in [0.15, 0.2) is 30.3 Å². The van der Waals surface area contributed by atoms with Gasteiger partial charge < -0.3 is 0 Å². The van der Waals surface area contributed by atoms with Gasteiger partial charge in [-0.2, -0.15) is 17.7 Å². The summed E-state index contributed by atoms with van der Waals surface area (Å²) in [7, 11) is 0. The molecule has 1 aliphatic carbocycles. The van der Waals surface area contributed by atoms with Crippen LogP contribution in [0, 0.1) is 0 Å². The van der Waals surface area contributed by atoms with E-state index in [-0.39, 0.29) is 0 Å². The van der Waals surface area contributed by atoms with Crippen molar-refractivity contribution in [1.82, 2.24) is 9.78 Å². The molecule has 1 heterocycles. The highest BCUT2D eigenvalue weighted by Crippen LogP contribution is 2.27. The molecule has 0 spiro atoms. The van der Waals surface area contributed by atoms with Crippen molar-refractivity contribution in [3.05, 3.63) is 47.3 Å². The first kappa shape index (κ1) is 10.9. The number of rotatable bonds is 2. The summed E-state index contributed by atoms with van der Waals surface area (Å²) >= 11 is 4.39. The molecule has 3 heteroatoms. The fourth-order valence-electron chi connectivity index (χ4n) is 2.59. The lowest BCUT2D eigenvalue weighted by Crippen LogP contribution is -2.07. The fraction of sp³-hybridized carbons (Fsp3) is 0.357. The van der Waals surface area contributed by atoms with Crippen molar-refractivity contribution >= 4 is 12.6 Å². The van der Waals surface area contributed by atoms with Crippen LogP contribution in [0.25, 0.3) is 5.69 Å². The minimum absolute atomic E-state index is 0.738. The Labute approximate surface area is 107 Å². The smallest absolute Gasteiger partial charge is 0.0760 e. The van der Waals surface area contributed by atoms with E-state index in [1.54, 1.807) is 0 Å². The van der Waals surface area contributed by atoms with E-state index in [1.165, 1.54) is 29.8 Å². The lowest BCUT2D eigenvalue weighted by atomic mass is 9.96. The van der Waals surface area contributed by atoms with E-state index in [4.69, 9.17) is 5.10 Å². The predicted molar refractivity (Wildman–Crippen MR) is 72.9 cm³/mol. The quantitative estimate of drug-likeness (QED) is 0.803. The van der Waals surface area contributed by atoms with Gasteiger partial charge in [0.25, 0.3) is 0 Å². The minimum atomic E-state index is 0.738. The highest BCUT2D eigenvalue weighted by atomic mass is 32.1. The minimum Gasteiger partial charge on any atom is -0.237 e. The van der Waals surface area contributed by atoms with Gasteiger partial charge in [0, 0.05) is 11.4 Å². The molecular formula is C14H16N2S. The maximum Gasteiger partial charge on any atom is 0.0760 e. The maximum absolute atomic E-state index is 4.72. The van der Waals surface area contributed by atoms with Gasteiger partial charge in [-0.15, -0.1) is 0 Å². The summed E-state index contributed by atoms with van der Waals surface area (Å²) in [5, 5.41) is 4.72. The molecule has 1 aromatic heterocycles. The van der Waals surface area contributed by atoms with Gasteiger partial charge in [-0.05, 0) is 43.4 Å². The van der Waals surface area contributed by atoms with Crippen LogP contribution in [0.5, 0.6) is 0 Å². The molecule has 0 unspecified atom stereocenters. The van der Waals surface area contributed by atoms with E-state index in [1.807, 2.05) is 6.07 Å². The summed E-state index contributed by atoms with van der Waals surface area (Å²) in [6.07, 6.45) is 4.87. The molecule has 0 saturated heterocycles. The first-order valence-electron chi connectivity index (χ1n) is 6.16. The van der Waals surface area contributed by atoms with Crippen molar-refractivity contribution in [3.8, 4) is 5.69 Å². The van der Waals surface area contributed by atoms with E-state index < -0.39 is 0 Å². The number of thiol groups is 1. The number of aromatic nitrogens is 2. The van der Waals surface area contributed by atoms with Gasteiger partial charge in [0.1, 0.15) is 0 Å². The predicted octanol–water partition coefficient (Wildman–Crippen LogP) is 3.18. The first-order chi connectivity index (χ1) is 8.40. The van der Waals surface area contributed by atoms with Gasteiger partial charge in [0.2, 0.25) is 0 Å². The Kier molecular flexibility index (Phi) is 2.93. The summed E-state index contributed by atoms with van der Waals surface area (Å²) in [6.45, 7) is 0. The number of para-hydroxylation sites is 1. The fourth-order valence-corrected chi connectivity index (χ4v) is 2.84. The second-order valence-electron chi connectivity index (χ2n) is 4.48. The maximum atomic E-state index is 4.72. The number of hydrogen-bond acceptors (Lipinski definition) is 2. The largest absolute Gasteiger partial charge is 0.237 e. The molecule has 0 aliphatic heterocycles. The van der Waals surface area contributed by atoms with E-state index in [0.717, 1.165) is 24.3 Å². The Morgan fingerprint density at radius 1 is 1.12 bits per heavy atom. The Morgan fingerprint density at radius 2 is 1.88 bits per heavy atom. The molecule has 88 valence electrons. The summed E-state index contributed by atoms with van der Waals surface area (Å²) in [5.74, 6) is 0.738. The van der Waals surface area contributed by atoms with Gasteiger partial charge >= 0.3 is 0 Å². The lowest BCUT2D eigenvalue weighted by Gasteiger charge is -2.14. The van der Waals surface area contributed by atoms with Crippen molar-refractivity contribution in [1.29, 1.82) is 0 Å². The average molecular weight is 244 g/mol. The average Bonchev–Trinajstić information content (AvgIpc) is 2.78. The van der Waals surface area contributed by atoms with Crippen LogP contribution in [0.2, 0.25) is 0 Å². The van der Waals surface area contributed by atoms with Gasteiger partial charge in [-0.3, -0.25) is 0 Å². The Hall–Kier alpha value is -1.22. The second kappa shape index (κ2) is 4.57. The standard InChI is InChI=1S/C14H16N2S/c17-10-13-12-8-4-5-9-14(12)16(15-13)11-6-2-1-3-7-11/h1-3,6-7,17H,4-5,8-10H2. The van der Waals surface area contributed by atoms with Gasteiger partial charge in [0.15, 0.2) is 0 Å². The molecule has 1 aromatic carbocycles. The Morgan fingerprint density at radius 3 is 2.65 bits per heavy atom. The van der Waals surface area contributed by atoms with E-state index in [0.29, 0.717) is 0 Å². The van der Waals surface area contributed by atoms with Crippen LogP contribution < -0.4 is 0 Å². The number of fused-ring (bicyclic) bond motifs is 1. The molecule has 2 aromatic rings. The Bertz CT molecular complexity index is 517. The lowest BCUT2D eigenvalue weighted by molar-refractivity contribution is 0.653. The van der Waals surface area contributed by atoms with E-state index in [2.05, 4.69) is 41.6 Å². The highest BCUT2D eigenvalue weighted by molar-refractivity contribution is 7.79.